The first-order valence-corrected chi connectivity index (χ1v) is 11.5. The number of rotatable bonds is 2. The Bertz CT molecular complexity index is 1200. The van der Waals surface area contributed by atoms with Gasteiger partial charge >= 0.3 is 0 Å². The molecule has 0 saturated carbocycles. The summed E-state index contributed by atoms with van der Waals surface area (Å²) in [6, 6.07) is 23.4. The highest BCUT2D eigenvalue weighted by molar-refractivity contribution is 7.70. The lowest BCUT2D eigenvalue weighted by atomic mass is 9.91. The highest BCUT2D eigenvalue weighted by atomic mass is 31.2. The third-order valence-electron chi connectivity index (χ3n) is 5.36. The molecule has 26 heavy (non-hydrogen) atoms. The van der Waals surface area contributed by atoms with Gasteiger partial charge in [0, 0.05) is 5.30 Å². The van der Waals surface area contributed by atoms with E-state index >= 15 is 0 Å². The Labute approximate surface area is 155 Å². The van der Waals surface area contributed by atoms with Gasteiger partial charge in [-0.1, -0.05) is 54.6 Å². The minimum Gasteiger partial charge on any atom is -0.319 e. The van der Waals surface area contributed by atoms with Crippen molar-refractivity contribution in [3.05, 3.63) is 77.9 Å². The molecule has 0 aliphatic rings. The maximum atomic E-state index is 12.5. The lowest BCUT2D eigenvalue weighted by molar-refractivity contribution is 0.588. The van der Waals surface area contributed by atoms with Crippen LogP contribution in [0.5, 0.6) is 0 Å². The molecule has 1 nitrogen and oxygen atoms in total. The summed E-state index contributed by atoms with van der Waals surface area (Å²) in [4.78, 5) is 0. The molecule has 4 rings (SSSR count). The summed E-state index contributed by atoms with van der Waals surface area (Å²) in [6.45, 7) is 8.06. The van der Waals surface area contributed by atoms with Crippen LogP contribution in [0, 0.1) is 13.8 Å². The summed E-state index contributed by atoms with van der Waals surface area (Å²) in [7, 11) is -2.26. The quantitative estimate of drug-likeness (QED) is 0.294. The Morgan fingerprint density at radius 2 is 1.19 bits per heavy atom. The summed E-state index contributed by atoms with van der Waals surface area (Å²) >= 11 is 0. The second-order valence-corrected chi connectivity index (χ2v) is 10.7. The van der Waals surface area contributed by atoms with Gasteiger partial charge in [-0.2, -0.15) is 0 Å². The van der Waals surface area contributed by atoms with Crippen LogP contribution >= 0.6 is 7.14 Å². The molecule has 0 heterocycles. The molecule has 0 bridgehead atoms. The molecule has 0 amide bonds. The summed E-state index contributed by atoms with van der Waals surface area (Å²) in [5, 5.41) is 6.17. The van der Waals surface area contributed by atoms with Gasteiger partial charge in [0.15, 0.2) is 0 Å². The maximum absolute atomic E-state index is 12.5. The third kappa shape index (κ3) is 2.77. The van der Waals surface area contributed by atoms with E-state index in [1.165, 1.54) is 38.2 Å². The fraction of sp³-hybridized carbons (Fsp3) is 0.167. The maximum Gasteiger partial charge on any atom is 0.109 e. The van der Waals surface area contributed by atoms with Gasteiger partial charge in [0.25, 0.3) is 0 Å². The van der Waals surface area contributed by atoms with Crippen molar-refractivity contribution in [1.29, 1.82) is 0 Å². The van der Waals surface area contributed by atoms with Crippen LogP contribution in [-0.2, 0) is 4.57 Å². The van der Waals surface area contributed by atoms with E-state index in [1.54, 1.807) is 0 Å². The number of hydrogen-bond acceptors (Lipinski definition) is 1. The second kappa shape index (κ2) is 6.11. The number of benzene rings is 4. The zero-order valence-electron chi connectivity index (χ0n) is 15.7. The smallest absolute Gasteiger partial charge is 0.109 e. The predicted octanol–water partition coefficient (Wildman–Crippen LogP) is 6.52. The average molecular weight is 358 g/mol. The number of aryl methyl sites for hydroxylation is 2. The van der Waals surface area contributed by atoms with Gasteiger partial charge in [-0.15, -0.1) is 0 Å². The SMILES string of the molecule is Cc1c2ccccc2c(C)c2cc(-c3cccc(P(C)(C)=O)c3)ccc12. The van der Waals surface area contributed by atoms with E-state index in [9.17, 15) is 4.57 Å². The average Bonchev–Trinajstić information content (AvgIpc) is 2.65. The normalized spacial score (nSPS) is 12.0. The Morgan fingerprint density at radius 3 is 1.85 bits per heavy atom. The molecule has 0 atom stereocenters. The lowest BCUT2D eigenvalue weighted by Gasteiger charge is -2.14. The van der Waals surface area contributed by atoms with Gasteiger partial charge in [0.2, 0.25) is 0 Å². The summed E-state index contributed by atoms with van der Waals surface area (Å²) in [6.07, 6.45) is 0. The topological polar surface area (TPSA) is 17.1 Å². The number of hydrogen-bond donors (Lipinski definition) is 0. The van der Waals surface area contributed by atoms with E-state index in [-0.39, 0.29) is 0 Å². The summed E-state index contributed by atoms with van der Waals surface area (Å²) < 4.78 is 12.5. The first kappa shape index (κ1) is 17.1. The standard InChI is InChI=1S/C24H23OP/c1-16-21-10-5-6-11-22(21)17(2)24-15-19(12-13-23(16)24)18-8-7-9-20(14-18)26(3,4)25/h5-15H,1-4H3. The van der Waals surface area contributed by atoms with Gasteiger partial charge in [0.1, 0.15) is 7.14 Å². The number of fused-ring (bicyclic) bond motifs is 2. The Morgan fingerprint density at radius 1 is 0.615 bits per heavy atom. The molecule has 4 aromatic rings. The van der Waals surface area contributed by atoms with Gasteiger partial charge in [-0.25, -0.2) is 0 Å². The van der Waals surface area contributed by atoms with Crippen molar-refractivity contribution in [3.63, 3.8) is 0 Å². The highest BCUT2D eigenvalue weighted by Gasteiger charge is 2.13. The minimum absolute atomic E-state index is 0.932. The van der Waals surface area contributed by atoms with Crippen molar-refractivity contribution in [2.45, 2.75) is 13.8 Å². The zero-order valence-corrected chi connectivity index (χ0v) is 16.6. The van der Waals surface area contributed by atoms with Crippen LogP contribution in [0.3, 0.4) is 0 Å². The molecule has 0 aromatic heterocycles. The first-order valence-electron chi connectivity index (χ1n) is 8.94. The molecule has 0 spiro atoms. The van der Waals surface area contributed by atoms with E-state index in [2.05, 4.69) is 68.4 Å². The van der Waals surface area contributed by atoms with E-state index in [1.807, 2.05) is 25.5 Å². The largest absolute Gasteiger partial charge is 0.319 e. The van der Waals surface area contributed by atoms with Crippen molar-refractivity contribution in [2.75, 3.05) is 13.3 Å². The zero-order chi connectivity index (χ0) is 18.5. The molecule has 0 saturated heterocycles. The van der Waals surface area contributed by atoms with Gasteiger partial charge in [0.05, 0.1) is 0 Å². The molecule has 0 N–H and O–H groups in total. The Hall–Kier alpha value is -2.37. The van der Waals surface area contributed by atoms with Crippen LogP contribution in [0.2, 0.25) is 0 Å². The summed E-state index contributed by atoms with van der Waals surface area (Å²) in [5.74, 6) is 0. The predicted molar refractivity (Wildman–Crippen MR) is 115 cm³/mol. The van der Waals surface area contributed by atoms with Crippen LogP contribution in [0.4, 0.5) is 0 Å². The summed E-state index contributed by atoms with van der Waals surface area (Å²) in [5.41, 5.74) is 4.94. The van der Waals surface area contributed by atoms with Crippen LogP contribution < -0.4 is 5.30 Å². The van der Waals surface area contributed by atoms with Crippen molar-refractivity contribution in [3.8, 4) is 11.1 Å². The van der Waals surface area contributed by atoms with E-state index in [4.69, 9.17) is 0 Å². The highest BCUT2D eigenvalue weighted by Crippen LogP contribution is 2.37. The van der Waals surface area contributed by atoms with Crippen molar-refractivity contribution in [1.82, 2.24) is 0 Å². The van der Waals surface area contributed by atoms with Crippen molar-refractivity contribution >= 4 is 34.0 Å². The van der Waals surface area contributed by atoms with E-state index in [0.717, 1.165) is 10.9 Å². The fourth-order valence-corrected chi connectivity index (χ4v) is 4.70. The Balaban J connectivity index is 1.98. The molecule has 0 aliphatic carbocycles. The van der Waals surface area contributed by atoms with Crippen molar-refractivity contribution in [2.24, 2.45) is 0 Å². The lowest BCUT2D eigenvalue weighted by Crippen LogP contribution is -2.02. The van der Waals surface area contributed by atoms with Crippen LogP contribution in [0.15, 0.2) is 66.7 Å². The molecular weight excluding hydrogens is 335 g/mol. The molecule has 0 radical (unpaired) electrons. The Kier molecular flexibility index (Phi) is 4.01. The first-order chi connectivity index (χ1) is 12.4. The van der Waals surface area contributed by atoms with E-state index < -0.39 is 7.14 Å². The molecular formula is C24H23OP. The minimum atomic E-state index is -2.26. The second-order valence-electron chi connectivity index (χ2n) is 7.46. The van der Waals surface area contributed by atoms with Gasteiger partial charge in [-0.05, 0) is 83.1 Å². The molecule has 2 heteroatoms. The van der Waals surface area contributed by atoms with Crippen LogP contribution in [0.1, 0.15) is 11.1 Å². The molecule has 4 aromatic carbocycles. The third-order valence-corrected chi connectivity index (χ3v) is 6.89. The molecule has 0 fully saturated rings. The van der Waals surface area contributed by atoms with Gasteiger partial charge in [-0.3, -0.25) is 0 Å². The van der Waals surface area contributed by atoms with E-state index in [0.29, 0.717) is 0 Å². The van der Waals surface area contributed by atoms with Gasteiger partial charge < -0.3 is 4.57 Å². The molecule has 130 valence electrons. The monoisotopic (exact) mass is 358 g/mol. The fourth-order valence-electron chi connectivity index (χ4n) is 3.81. The van der Waals surface area contributed by atoms with Crippen molar-refractivity contribution < 1.29 is 4.57 Å². The molecule has 0 aliphatic heterocycles. The van der Waals surface area contributed by atoms with Crippen LogP contribution in [-0.4, -0.2) is 13.3 Å². The molecule has 0 unspecified atom stereocenters. The van der Waals surface area contributed by atoms with Crippen LogP contribution in [0.25, 0.3) is 32.7 Å².